The van der Waals surface area contributed by atoms with Crippen LogP contribution in [-0.2, 0) is 0 Å². The monoisotopic (exact) mass is 387 g/mol. The molecule has 1 fully saturated rings. The van der Waals surface area contributed by atoms with Gasteiger partial charge in [-0.05, 0) is 63.4 Å². The molecule has 4 aromatic rings. The normalized spacial score (nSPS) is 13.8. The highest BCUT2D eigenvalue weighted by Gasteiger charge is 2.29. The van der Waals surface area contributed by atoms with Crippen molar-refractivity contribution >= 4 is 22.7 Å². The summed E-state index contributed by atoms with van der Waals surface area (Å²) in [6.45, 7) is 5.82. The van der Waals surface area contributed by atoms with Crippen molar-refractivity contribution in [1.82, 2.24) is 20.0 Å². The molecule has 1 saturated carbocycles. The van der Waals surface area contributed by atoms with Crippen LogP contribution in [0.15, 0.2) is 40.8 Å². The number of benzene rings is 2. The van der Waals surface area contributed by atoms with Crippen molar-refractivity contribution in [3.05, 3.63) is 64.8 Å². The zero-order chi connectivity index (χ0) is 20.1. The van der Waals surface area contributed by atoms with Crippen LogP contribution in [0.25, 0.3) is 16.8 Å². The minimum atomic E-state index is -0.302. The summed E-state index contributed by atoms with van der Waals surface area (Å²) in [5.74, 6) is 0.933. The predicted octanol–water partition coefficient (Wildman–Crippen LogP) is 4.46. The third kappa shape index (κ3) is 3.29. The minimum absolute atomic E-state index is 0.295. The van der Waals surface area contributed by atoms with Crippen LogP contribution in [0.4, 0.5) is 5.69 Å². The van der Waals surface area contributed by atoms with Gasteiger partial charge in [0.15, 0.2) is 17.2 Å². The lowest BCUT2D eigenvalue weighted by atomic mass is 10.1. The van der Waals surface area contributed by atoms with Crippen molar-refractivity contribution in [3.63, 3.8) is 0 Å². The number of nitrogens with zero attached hydrogens (tertiary/aromatic N) is 4. The van der Waals surface area contributed by atoms with Gasteiger partial charge in [0.1, 0.15) is 5.52 Å². The largest absolute Gasteiger partial charge is 0.440 e. The number of hydrogen-bond donors (Lipinski definition) is 1. The van der Waals surface area contributed by atoms with Gasteiger partial charge in [-0.1, -0.05) is 17.7 Å². The first-order valence-corrected chi connectivity index (χ1v) is 9.71. The van der Waals surface area contributed by atoms with Crippen LogP contribution in [0, 0.1) is 20.8 Å². The lowest BCUT2D eigenvalue weighted by Gasteiger charge is -2.05. The average Bonchev–Trinajstić information content (AvgIpc) is 3.33. The summed E-state index contributed by atoms with van der Waals surface area (Å²) in [5, 5.41) is 11.8. The predicted molar refractivity (Wildman–Crippen MR) is 110 cm³/mol. The van der Waals surface area contributed by atoms with Crippen LogP contribution in [0.1, 0.15) is 52.0 Å². The number of hydrogen-bond acceptors (Lipinski definition) is 5. The Balaban J connectivity index is 1.40. The quantitative estimate of drug-likeness (QED) is 0.559. The molecule has 1 amide bonds. The van der Waals surface area contributed by atoms with E-state index in [1.165, 1.54) is 10.4 Å². The summed E-state index contributed by atoms with van der Waals surface area (Å²) in [7, 11) is 0. The van der Waals surface area contributed by atoms with E-state index in [1.807, 2.05) is 44.2 Å². The highest BCUT2D eigenvalue weighted by Crippen LogP contribution is 2.40. The van der Waals surface area contributed by atoms with Crippen LogP contribution < -0.4 is 5.32 Å². The molecular formula is C22H21N5O2. The van der Waals surface area contributed by atoms with Gasteiger partial charge in [0, 0.05) is 11.6 Å². The summed E-state index contributed by atoms with van der Waals surface area (Å²) in [5.41, 5.74) is 6.08. The number of aryl methyl sites for hydroxylation is 3. The van der Waals surface area contributed by atoms with Crippen LogP contribution in [0.5, 0.6) is 0 Å². The van der Waals surface area contributed by atoms with E-state index in [-0.39, 0.29) is 5.91 Å². The fraction of sp³-hybridized carbons (Fsp3) is 0.273. The standard InChI is InChI=1S/C22H21N5O2/c1-12-4-8-18(13(2)10-12)27-25-14(3)20(26-27)21(28)23-16-7-9-19-17(11-16)24-22(29-19)15-5-6-15/h4,7-11,15H,5-6H2,1-3H3,(H,23,28). The van der Waals surface area contributed by atoms with Gasteiger partial charge in [0.2, 0.25) is 0 Å². The molecular weight excluding hydrogens is 366 g/mol. The van der Waals surface area contributed by atoms with Gasteiger partial charge in [-0.25, -0.2) is 4.98 Å². The Hall–Kier alpha value is -3.48. The van der Waals surface area contributed by atoms with E-state index < -0.39 is 0 Å². The van der Waals surface area contributed by atoms with E-state index in [1.54, 1.807) is 6.92 Å². The smallest absolute Gasteiger partial charge is 0.278 e. The van der Waals surface area contributed by atoms with Gasteiger partial charge in [0.25, 0.3) is 5.91 Å². The number of carbonyl (C=O) groups is 1. The molecule has 0 bridgehead atoms. The molecule has 1 aliphatic carbocycles. The Morgan fingerprint density at radius 1 is 1.10 bits per heavy atom. The van der Waals surface area contributed by atoms with E-state index in [2.05, 4.69) is 26.6 Å². The zero-order valence-corrected chi connectivity index (χ0v) is 16.6. The van der Waals surface area contributed by atoms with E-state index in [4.69, 9.17) is 4.42 Å². The first kappa shape index (κ1) is 17.6. The van der Waals surface area contributed by atoms with Crippen LogP contribution in [-0.4, -0.2) is 25.9 Å². The van der Waals surface area contributed by atoms with Crippen molar-refractivity contribution in [2.24, 2.45) is 0 Å². The number of aromatic nitrogens is 4. The number of oxazole rings is 1. The fourth-order valence-electron chi connectivity index (χ4n) is 3.44. The Labute approximate surface area is 167 Å². The number of amides is 1. The average molecular weight is 387 g/mol. The first-order chi connectivity index (χ1) is 14.0. The molecule has 0 aliphatic heterocycles. The van der Waals surface area contributed by atoms with Crippen molar-refractivity contribution in [1.29, 1.82) is 0 Å². The van der Waals surface area contributed by atoms with Crippen molar-refractivity contribution < 1.29 is 9.21 Å². The molecule has 5 rings (SSSR count). The topological polar surface area (TPSA) is 85.8 Å². The minimum Gasteiger partial charge on any atom is -0.440 e. The van der Waals surface area contributed by atoms with Crippen LogP contribution in [0.2, 0.25) is 0 Å². The number of nitrogens with one attached hydrogen (secondary N) is 1. The van der Waals surface area contributed by atoms with Crippen molar-refractivity contribution in [2.45, 2.75) is 39.5 Å². The molecule has 0 atom stereocenters. The first-order valence-electron chi connectivity index (χ1n) is 9.71. The Morgan fingerprint density at radius 2 is 1.93 bits per heavy atom. The Kier molecular flexibility index (Phi) is 3.97. The van der Waals surface area contributed by atoms with Crippen molar-refractivity contribution in [2.75, 3.05) is 5.32 Å². The van der Waals surface area contributed by atoms with Gasteiger partial charge >= 0.3 is 0 Å². The molecule has 2 aromatic heterocycles. The molecule has 7 heteroatoms. The number of fused-ring (bicyclic) bond motifs is 1. The summed E-state index contributed by atoms with van der Waals surface area (Å²) < 4.78 is 5.78. The van der Waals surface area contributed by atoms with Gasteiger partial charge in [-0.2, -0.15) is 9.90 Å². The second-order valence-electron chi connectivity index (χ2n) is 7.68. The summed E-state index contributed by atoms with van der Waals surface area (Å²) in [4.78, 5) is 18.9. The van der Waals surface area contributed by atoms with Gasteiger partial charge in [-0.3, -0.25) is 4.79 Å². The summed E-state index contributed by atoms with van der Waals surface area (Å²) >= 11 is 0. The molecule has 0 spiro atoms. The van der Waals surface area contributed by atoms with Gasteiger partial charge in [-0.15, -0.1) is 5.10 Å². The molecule has 0 unspecified atom stereocenters. The van der Waals surface area contributed by atoms with Crippen LogP contribution in [0.3, 0.4) is 0 Å². The molecule has 146 valence electrons. The lowest BCUT2D eigenvalue weighted by molar-refractivity contribution is 0.102. The second-order valence-corrected chi connectivity index (χ2v) is 7.68. The molecule has 1 N–H and O–H groups in total. The highest BCUT2D eigenvalue weighted by atomic mass is 16.3. The van der Waals surface area contributed by atoms with E-state index in [0.29, 0.717) is 23.0 Å². The maximum atomic E-state index is 12.8. The number of carbonyl (C=O) groups excluding carboxylic acids is 1. The molecule has 0 saturated heterocycles. The Morgan fingerprint density at radius 3 is 2.69 bits per heavy atom. The number of anilines is 1. The summed E-state index contributed by atoms with van der Waals surface area (Å²) in [6, 6.07) is 11.5. The fourth-order valence-corrected chi connectivity index (χ4v) is 3.44. The Bertz CT molecular complexity index is 1250. The molecule has 29 heavy (non-hydrogen) atoms. The molecule has 2 heterocycles. The SMILES string of the molecule is Cc1ccc(-n2nc(C)c(C(=O)Nc3ccc4oc(C5CC5)nc4c3)n2)c(C)c1. The van der Waals surface area contributed by atoms with Gasteiger partial charge < -0.3 is 9.73 Å². The van der Waals surface area contributed by atoms with E-state index in [9.17, 15) is 4.79 Å². The molecule has 1 aliphatic rings. The maximum Gasteiger partial charge on any atom is 0.278 e. The molecule has 2 aromatic carbocycles. The maximum absolute atomic E-state index is 12.8. The summed E-state index contributed by atoms with van der Waals surface area (Å²) in [6.07, 6.45) is 2.26. The number of rotatable bonds is 4. The van der Waals surface area contributed by atoms with Gasteiger partial charge in [0.05, 0.1) is 11.4 Å². The van der Waals surface area contributed by atoms with E-state index in [0.717, 1.165) is 41.1 Å². The van der Waals surface area contributed by atoms with E-state index >= 15 is 0 Å². The third-order valence-electron chi connectivity index (χ3n) is 5.15. The third-order valence-corrected chi connectivity index (χ3v) is 5.15. The highest BCUT2D eigenvalue weighted by molar-refractivity contribution is 6.04. The van der Waals surface area contributed by atoms with Crippen LogP contribution >= 0.6 is 0 Å². The second kappa shape index (κ2) is 6.55. The van der Waals surface area contributed by atoms with Crippen molar-refractivity contribution in [3.8, 4) is 5.69 Å². The lowest BCUT2D eigenvalue weighted by Crippen LogP contribution is -2.14. The zero-order valence-electron chi connectivity index (χ0n) is 16.6. The molecule has 7 nitrogen and oxygen atoms in total. The molecule has 0 radical (unpaired) electrons.